The molecule has 0 bridgehead atoms. The number of aromatic amines is 1. The predicted molar refractivity (Wildman–Crippen MR) is 76.1 cm³/mol. The van der Waals surface area contributed by atoms with E-state index in [0.29, 0.717) is 4.77 Å². The van der Waals surface area contributed by atoms with Crippen LogP contribution in [0.25, 0.3) is 6.08 Å². The molecule has 92 valence electrons. The Hall–Kier alpha value is -2.01. The molecule has 0 aliphatic heterocycles. The smallest absolute Gasteiger partial charge is 0.216 e. The van der Waals surface area contributed by atoms with Crippen molar-refractivity contribution in [3.05, 3.63) is 52.1 Å². The van der Waals surface area contributed by atoms with Gasteiger partial charge in [0, 0.05) is 0 Å². The van der Waals surface area contributed by atoms with Gasteiger partial charge in [0.2, 0.25) is 4.77 Å². The number of H-pyrrole nitrogens is 1. The number of aromatic nitrogens is 3. The highest BCUT2D eigenvalue weighted by Gasteiger charge is 1.96. The van der Waals surface area contributed by atoms with Gasteiger partial charge >= 0.3 is 0 Å². The molecule has 0 amide bonds. The van der Waals surface area contributed by atoms with Crippen molar-refractivity contribution in [1.82, 2.24) is 14.9 Å². The van der Waals surface area contributed by atoms with Gasteiger partial charge in [-0.1, -0.05) is 36.4 Å². The average molecular weight is 258 g/mol. The maximum atomic E-state index is 5.07. The Balaban J connectivity index is 2.20. The summed E-state index contributed by atoms with van der Waals surface area (Å²) >= 11 is 5.07. The monoisotopic (exact) mass is 258 g/mol. The van der Waals surface area contributed by atoms with E-state index in [9.17, 15) is 0 Å². The van der Waals surface area contributed by atoms with Gasteiger partial charge in [-0.3, -0.25) is 5.10 Å². The first-order chi connectivity index (χ1) is 8.66. The van der Waals surface area contributed by atoms with Crippen molar-refractivity contribution in [1.29, 1.82) is 0 Å². The zero-order valence-electron chi connectivity index (χ0n) is 10.3. The number of nitrogens with one attached hydrogen (secondary N) is 1. The molecule has 1 heterocycles. The SMILES string of the molecule is CC(=C/c1ccccc1)/C=N/n1c(C)n[nH]c1=S. The summed E-state index contributed by atoms with van der Waals surface area (Å²) in [5.74, 6) is 0.740. The molecule has 0 aliphatic rings. The molecule has 18 heavy (non-hydrogen) atoms. The third-order valence-electron chi connectivity index (χ3n) is 2.38. The Morgan fingerprint density at radius 2 is 2.11 bits per heavy atom. The molecule has 2 aromatic rings. The number of hydrogen-bond donors (Lipinski definition) is 1. The summed E-state index contributed by atoms with van der Waals surface area (Å²) in [5.41, 5.74) is 2.19. The van der Waals surface area contributed by atoms with Crippen molar-refractivity contribution in [3.8, 4) is 0 Å². The lowest BCUT2D eigenvalue weighted by Gasteiger charge is -1.96. The molecule has 2 rings (SSSR count). The van der Waals surface area contributed by atoms with E-state index in [2.05, 4.69) is 21.4 Å². The first-order valence-electron chi connectivity index (χ1n) is 5.58. The summed E-state index contributed by atoms with van der Waals surface area (Å²) in [6.07, 6.45) is 3.83. The molecule has 1 aromatic carbocycles. The Labute approximate surface area is 111 Å². The van der Waals surface area contributed by atoms with E-state index in [-0.39, 0.29) is 0 Å². The Morgan fingerprint density at radius 1 is 1.39 bits per heavy atom. The van der Waals surface area contributed by atoms with Crippen LogP contribution in [0.4, 0.5) is 0 Å². The number of benzene rings is 1. The van der Waals surface area contributed by atoms with Crippen LogP contribution < -0.4 is 0 Å². The number of hydrogen-bond acceptors (Lipinski definition) is 3. The largest absolute Gasteiger partial charge is 0.250 e. The highest BCUT2D eigenvalue weighted by Crippen LogP contribution is 2.05. The third-order valence-corrected chi connectivity index (χ3v) is 2.65. The number of aryl methyl sites for hydroxylation is 1. The van der Waals surface area contributed by atoms with Crippen LogP contribution >= 0.6 is 12.2 Å². The number of rotatable bonds is 3. The first-order valence-corrected chi connectivity index (χ1v) is 5.99. The maximum absolute atomic E-state index is 5.07. The quantitative estimate of drug-likeness (QED) is 0.679. The van der Waals surface area contributed by atoms with E-state index < -0.39 is 0 Å². The molecule has 0 saturated heterocycles. The Morgan fingerprint density at radius 3 is 2.72 bits per heavy atom. The summed E-state index contributed by atoms with van der Waals surface area (Å²) in [5, 5.41) is 11.0. The van der Waals surface area contributed by atoms with E-state index in [4.69, 9.17) is 12.2 Å². The van der Waals surface area contributed by atoms with Crippen LogP contribution in [0.1, 0.15) is 18.3 Å². The van der Waals surface area contributed by atoms with Crippen LogP contribution in [0, 0.1) is 11.7 Å². The summed E-state index contributed by atoms with van der Waals surface area (Å²) in [4.78, 5) is 0. The van der Waals surface area contributed by atoms with Gasteiger partial charge in [-0.25, -0.2) is 0 Å². The molecular formula is C13H14N4S. The predicted octanol–water partition coefficient (Wildman–Crippen LogP) is 3.19. The van der Waals surface area contributed by atoms with Crippen LogP contribution in [0.5, 0.6) is 0 Å². The van der Waals surface area contributed by atoms with E-state index in [1.165, 1.54) is 0 Å². The number of allylic oxidation sites excluding steroid dienone is 1. The summed E-state index contributed by atoms with van der Waals surface area (Å²) in [6, 6.07) is 10.1. The molecule has 0 unspecified atom stereocenters. The minimum atomic E-state index is 0.497. The molecule has 0 saturated carbocycles. The standard InChI is InChI=1S/C13H14N4S/c1-10(8-12-6-4-3-5-7-12)9-14-17-11(2)15-16-13(17)18/h3-9H,1-2H3,(H,16,18)/b10-8-,14-9+. The van der Waals surface area contributed by atoms with Crippen LogP contribution in [0.3, 0.4) is 0 Å². The third kappa shape index (κ3) is 3.01. The van der Waals surface area contributed by atoms with Gasteiger partial charge in [-0.15, -0.1) is 0 Å². The molecule has 0 spiro atoms. The Kier molecular flexibility index (Phi) is 3.84. The fourth-order valence-electron chi connectivity index (χ4n) is 1.50. The second kappa shape index (κ2) is 5.55. The summed E-state index contributed by atoms with van der Waals surface area (Å²) in [6.45, 7) is 3.84. The van der Waals surface area contributed by atoms with Gasteiger partial charge in [0.15, 0.2) is 0 Å². The highest BCUT2D eigenvalue weighted by molar-refractivity contribution is 7.71. The lowest BCUT2D eigenvalue weighted by molar-refractivity contribution is 0.820. The lowest BCUT2D eigenvalue weighted by atomic mass is 10.1. The minimum Gasteiger partial charge on any atom is -0.250 e. The second-order valence-corrected chi connectivity index (χ2v) is 4.32. The maximum Gasteiger partial charge on any atom is 0.216 e. The van der Waals surface area contributed by atoms with Crippen LogP contribution in [0.15, 0.2) is 41.0 Å². The normalized spacial score (nSPS) is 12.2. The zero-order valence-corrected chi connectivity index (χ0v) is 11.1. The molecule has 0 fully saturated rings. The van der Waals surface area contributed by atoms with Crippen molar-refractivity contribution in [2.45, 2.75) is 13.8 Å². The molecule has 4 nitrogen and oxygen atoms in total. The van der Waals surface area contributed by atoms with Gasteiger partial charge in [0.25, 0.3) is 0 Å². The zero-order chi connectivity index (χ0) is 13.0. The molecule has 0 aliphatic carbocycles. The number of nitrogens with zero attached hydrogens (tertiary/aromatic N) is 3. The first kappa shape index (κ1) is 12.4. The fraction of sp³-hybridized carbons (Fsp3) is 0.154. The van der Waals surface area contributed by atoms with Crippen LogP contribution in [-0.2, 0) is 0 Å². The summed E-state index contributed by atoms with van der Waals surface area (Å²) < 4.78 is 2.09. The van der Waals surface area contributed by atoms with Crippen molar-refractivity contribution in [3.63, 3.8) is 0 Å². The molecule has 1 N–H and O–H groups in total. The fourth-order valence-corrected chi connectivity index (χ4v) is 1.73. The summed E-state index contributed by atoms with van der Waals surface area (Å²) in [7, 11) is 0. The van der Waals surface area contributed by atoms with Gasteiger partial charge in [-0.05, 0) is 37.2 Å². The van der Waals surface area contributed by atoms with Crippen molar-refractivity contribution in [2.24, 2.45) is 5.10 Å². The Bertz CT molecular complexity index is 635. The van der Waals surface area contributed by atoms with Crippen LogP contribution in [0.2, 0.25) is 0 Å². The van der Waals surface area contributed by atoms with Gasteiger partial charge < -0.3 is 0 Å². The van der Waals surface area contributed by atoms with E-state index in [1.54, 1.807) is 10.9 Å². The van der Waals surface area contributed by atoms with Crippen molar-refractivity contribution >= 4 is 24.5 Å². The van der Waals surface area contributed by atoms with Gasteiger partial charge in [-0.2, -0.15) is 14.9 Å². The van der Waals surface area contributed by atoms with Gasteiger partial charge in [0.1, 0.15) is 5.82 Å². The van der Waals surface area contributed by atoms with E-state index in [1.807, 2.05) is 44.2 Å². The topological polar surface area (TPSA) is 46.0 Å². The molecule has 0 atom stereocenters. The minimum absolute atomic E-state index is 0.497. The van der Waals surface area contributed by atoms with Crippen molar-refractivity contribution in [2.75, 3.05) is 0 Å². The average Bonchev–Trinajstić information content (AvgIpc) is 2.68. The second-order valence-electron chi connectivity index (χ2n) is 3.93. The molecular weight excluding hydrogens is 244 g/mol. The molecule has 1 aromatic heterocycles. The van der Waals surface area contributed by atoms with Crippen molar-refractivity contribution < 1.29 is 0 Å². The van der Waals surface area contributed by atoms with E-state index in [0.717, 1.165) is 17.0 Å². The molecule has 5 heteroatoms. The van der Waals surface area contributed by atoms with Crippen LogP contribution in [-0.4, -0.2) is 21.1 Å². The highest BCUT2D eigenvalue weighted by atomic mass is 32.1. The molecule has 0 radical (unpaired) electrons. The lowest BCUT2D eigenvalue weighted by Crippen LogP contribution is -1.93. The van der Waals surface area contributed by atoms with E-state index >= 15 is 0 Å². The van der Waals surface area contributed by atoms with Gasteiger partial charge in [0.05, 0.1) is 6.21 Å².